The Morgan fingerprint density at radius 3 is 2.57 bits per heavy atom. The lowest BCUT2D eigenvalue weighted by atomic mass is 10.1. The SMILES string of the molecule is CC(C)(C)N=Cc1ccc([N+](=O)[O-])o1. The molecule has 0 atom stereocenters. The zero-order valence-electron chi connectivity index (χ0n) is 8.35. The molecular formula is C9H12N2O3. The second-order valence-corrected chi connectivity index (χ2v) is 3.86. The van der Waals surface area contributed by atoms with E-state index in [0.717, 1.165) is 0 Å². The van der Waals surface area contributed by atoms with Crippen molar-refractivity contribution in [1.29, 1.82) is 0 Å². The highest BCUT2D eigenvalue weighted by Gasteiger charge is 2.11. The Hall–Kier alpha value is -1.65. The van der Waals surface area contributed by atoms with Crippen LogP contribution in [0, 0.1) is 10.1 Å². The lowest BCUT2D eigenvalue weighted by Gasteiger charge is -2.09. The van der Waals surface area contributed by atoms with Gasteiger partial charge in [0.25, 0.3) is 0 Å². The Morgan fingerprint density at radius 1 is 1.50 bits per heavy atom. The minimum absolute atomic E-state index is 0.207. The third kappa shape index (κ3) is 3.01. The molecule has 0 radical (unpaired) electrons. The van der Waals surface area contributed by atoms with Crippen LogP contribution in [-0.4, -0.2) is 16.7 Å². The van der Waals surface area contributed by atoms with E-state index in [1.807, 2.05) is 20.8 Å². The number of furan rings is 1. The largest absolute Gasteiger partial charge is 0.433 e. The number of rotatable bonds is 2. The summed E-state index contributed by atoms with van der Waals surface area (Å²) in [6.45, 7) is 5.79. The van der Waals surface area contributed by atoms with Gasteiger partial charge in [0.15, 0.2) is 5.76 Å². The molecule has 0 bridgehead atoms. The molecule has 0 aromatic carbocycles. The van der Waals surface area contributed by atoms with Crippen molar-refractivity contribution in [1.82, 2.24) is 0 Å². The molecule has 5 nitrogen and oxygen atoms in total. The summed E-state index contributed by atoms with van der Waals surface area (Å²) in [5.41, 5.74) is -0.207. The van der Waals surface area contributed by atoms with Crippen LogP contribution in [0.5, 0.6) is 0 Å². The zero-order valence-corrected chi connectivity index (χ0v) is 8.35. The fourth-order valence-electron chi connectivity index (χ4n) is 0.767. The Balaban J connectivity index is 2.79. The monoisotopic (exact) mass is 196 g/mol. The molecule has 0 amide bonds. The smallest absolute Gasteiger partial charge is 0.400 e. The van der Waals surface area contributed by atoms with Gasteiger partial charge in [-0.15, -0.1) is 0 Å². The summed E-state index contributed by atoms with van der Waals surface area (Å²) in [6, 6.07) is 2.83. The topological polar surface area (TPSA) is 68.6 Å². The van der Waals surface area contributed by atoms with Crippen LogP contribution < -0.4 is 0 Å². The summed E-state index contributed by atoms with van der Waals surface area (Å²) < 4.78 is 4.89. The molecule has 1 aromatic rings. The van der Waals surface area contributed by atoms with Gasteiger partial charge in [0.05, 0.1) is 17.8 Å². The van der Waals surface area contributed by atoms with Gasteiger partial charge in [-0.1, -0.05) is 0 Å². The van der Waals surface area contributed by atoms with Gasteiger partial charge >= 0.3 is 5.88 Å². The molecule has 76 valence electrons. The maximum absolute atomic E-state index is 10.3. The average molecular weight is 196 g/mol. The highest BCUT2D eigenvalue weighted by atomic mass is 16.6. The molecule has 0 saturated carbocycles. The van der Waals surface area contributed by atoms with Crippen molar-refractivity contribution in [2.75, 3.05) is 0 Å². The van der Waals surface area contributed by atoms with Crippen LogP contribution in [-0.2, 0) is 0 Å². The Labute approximate surface area is 81.6 Å². The Bertz CT molecular complexity index is 360. The lowest BCUT2D eigenvalue weighted by Crippen LogP contribution is -2.09. The number of hydrogen-bond donors (Lipinski definition) is 0. The standard InChI is InChI=1S/C9H12N2O3/c1-9(2,3)10-6-7-4-5-8(14-7)11(12)13/h4-6H,1-3H3. The Morgan fingerprint density at radius 2 is 2.14 bits per heavy atom. The van der Waals surface area contributed by atoms with Gasteiger partial charge in [-0.3, -0.25) is 15.1 Å². The molecule has 0 aliphatic carbocycles. The highest BCUT2D eigenvalue weighted by molar-refractivity contribution is 5.76. The maximum atomic E-state index is 10.3. The first kappa shape index (κ1) is 10.4. The first-order chi connectivity index (χ1) is 6.38. The number of aliphatic imine (C=N–C) groups is 1. The van der Waals surface area contributed by atoms with E-state index in [1.165, 1.54) is 18.3 Å². The van der Waals surface area contributed by atoms with E-state index in [-0.39, 0.29) is 11.4 Å². The van der Waals surface area contributed by atoms with E-state index in [2.05, 4.69) is 4.99 Å². The molecule has 0 saturated heterocycles. The molecule has 14 heavy (non-hydrogen) atoms. The minimum Gasteiger partial charge on any atom is -0.400 e. The van der Waals surface area contributed by atoms with Crippen molar-refractivity contribution in [3.05, 3.63) is 28.0 Å². The predicted molar refractivity (Wildman–Crippen MR) is 52.7 cm³/mol. The van der Waals surface area contributed by atoms with Crippen molar-refractivity contribution >= 4 is 12.1 Å². The van der Waals surface area contributed by atoms with E-state index in [4.69, 9.17) is 4.42 Å². The summed E-state index contributed by atoms with van der Waals surface area (Å²) >= 11 is 0. The molecule has 0 aliphatic heterocycles. The first-order valence-corrected chi connectivity index (χ1v) is 4.18. The molecular weight excluding hydrogens is 184 g/mol. The highest BCUT2D eigenvalue weighted by Crippen LogP contribution is 2.15. The second kappa shape index (κ2) is 3.61. The van der Waals surface area contributed by atoms with Gasteiger partial charge in [-0.2, -0.15) is 0 Å². The van der Waals surface area contributed by atoms with E-state index in [0.29, 0.717) is 5.76 Å². The molecule has 1 heterocycles. The quantitative estimate of drug-likeness (QED) is 0.414. The second-order valence-electron chi connectivity index (χ2n) is 3.86. The van der Waals surface area contributed by atoms with Crippen LogP contribution in [0.3, 0.4) is 0 Å². The van der Waals surface area contributed by atoms with E-state index in [9.17, 15) is 10.1 Å². The van der Waals surface area contributed by atoms with Crippen molar-refractivity contribution in [2.24, 2.45) is 4.99 Å². The van der Waals surface area contributed by atoms with Crippen molar-refractivity contribution in [3.63, 3.8) is 0 Å². The number of hydrogen-bond acceptors (Lipinski definition) is 4. The normalized spacial score (nSPS) is 12.2. The van der Waals surface area contributed by atoms with Gasteiger partial charge in [-0.05, 0) is 26.8 Å². The van der Waals surface area contributed by atoms with Gasteiger partial charge < -0.3 is 4.42 Å². The van der Waals surface area contributed by atoms with Crippen LogP contribution >= 0.6 is 0 Å². The van der Waals surface area contributed by atoms with Crippen molar-refractivity contribution in [2.45, 2.75) is 26.3 Å². The first-order valence-electron chi connectivity index (χ1n) is 4.18. The van der Waals surface area contributed by atoms with Crippen molar-refractivity contribution in [3.8, 4) is 0 Å². The summed E-state index contributed by atoms with van der Waals surface area (Å²) in [5, 5.41) is 10.3. The van der Waals surface area contributed by atoms with E-state index in [1.54, 1.807) is 0 Å². The van der Waals surface area contributed by atoms with E-state index >= 15 is 0 Å². The fourth-order valence-corrected chi connectivity index (χ4v) is 0.767. The van der Waals surface area contributed by atoms with Gasteiger partial charge in [0, 0.05) is 0 Å². The van der Waals surface area contributed by atoms with Crippen LogP contribution in [0.2, 0.25) is 0 Å². The van der Waals surface area contributed by atoms with Crippen LogP contribution in [0.25, 0.3) is 0 Å². The van der Waals surface area contributed by atoms with Crippen LogP contribution in [0.1, 0.15) is 26.5 Å². The molecule has 1 aromatic heterocycles. The fraction of sp³-hybridized carbons (Fsp3) is 0.444. The van der Waals surface area contributed by atoms with Crippen molar-refractivity contribution < 1.29 is 9.34 Å². The zero-order chi connectivity index (χ0) is 10.8. The minimum atomic E-state index is -0.575. The van der Waals surface area contributed by atoms with Crippen LogP contribution in [0.15, 0.2) is 21.5 Å². The Kier molecular flexibility index (Phi) is 2.69. The molecule has 5 heteroatoms. The molecule has 0 unspecified atom stereocenters. The predicted octanol–water partition coefficient (Wildman–Crippen LogP) is 2.41. The molecule has 0 N–H and O–H groups in total. The number of nitro groups is 1. The number of nitrogens with zero attached hydrogens (tertiary/aromatic N) is 2. The molecule has 0 spiro atoms. The van der Waals surface area contributed by atoms with Gasteiger partial charge in [-0.25, -0.2) is 0 Å². The average Bonchev–Trinajstić information content (AvgIpc) is 2.47. The maximum Gasteiger partial charge on any atom is 0.433 e. The summed E-state index contributed by atoms with van der Waals surface area (Å²) in [6.07, 6.45) is 1.49. The summed E-state index contributed by atoms with van der Waals surface area (Å²) in [4.78, 5) is 13.9. The molecule has 1 rings (SSSR count). The van der Waals surface area contributed by atoms with Gasteiger partial charge in [0.1, 0.15) is 4.92 Å². The third-order valence-electron chi connectivity index (χ3n) is 1.37. The summed E-state index contributed by atoms with van der Waals surface area (Å²) in [7, 11) is 0. The van der Waals surface area contributed by atoms with Crippen LogP contribution in [0.4, 0.5) is 5.88 Å². The molecule has 0 fully saturated rings. The van der Waals surface area contributed by atoms with Gasteiger partial charge in [0.2, 0.25) is 0 Å². The lowest BCUT2D eigenvalue weighted by molar-refractivity contribution is -0.402. The van der Waals surface area contributed by atoms with E-state index < -0.39 is 4.92 Å². The summed E-state index contributed by atoms with van der Waals surface area (Å²) in [5.74, 6) is 0.131. The third-order valence-corrected chi connectivity index (χ3v) is 1.37. The molecule has 0 aliphatic rings.